The molecule has 6 heteroatoms. The Bertz CT molecular complexity index is 454. The molecule has 2 rings (SSSR count). The van der Waals surface area contributed by atoms with E-state index < -0.39 is 0 Å². The number of hydrogen-bond acceptors (Lipinski definition) is 4. The second-order valence-corrected chi connectivity index (χ2v) is 5.37. The third-order valence-electron chi connectivity index (χ3n) is 3.47. The first kappa shape index (κ1) is 17.6. The molecule has 2 N–H and O–H groups in total. The summed E-state index contributed by atoms with van der Waals surface area (Å²) < 4.78 is 16.3. The van der Waals surface area contributed by atoms with E-state index in [-0.39, 0.29) is 6.10 Å². The van der Waals surface area contributed by atoms with Crippen LogP contribution >= 0.6 is 0 Å². The minimum Gasteiger partial charge on any atom is -0.469 e. The Morgan fingerprint density at radius 2 is 2.43 bits per heavy atom. The highest BCUT2D eigenvalue weighted by atomic mass is 16.5. The van der Waals surface area contributed by atoms with E-state index in [1.807, 2.05) is 18.2 Å². The molecule has 0 bridgehead atoms. The topological polar surface area (TPSA) is 68.0 Å². The molecule has 1 aromatic rings. The van der Waals surface area contributed by atoms with Crippen molar-refractivity contribution in [3.05, 3.63) is 36.8 Å². The third kappa shape index (κ3) is 7.34. The van der Waals surface area contributed by atoms with Gasteiger partial charge in [-0.05, 0) is 25.0 Å². The highest BCUT2D eigenvalue weighted by Gasteiger charge is 2.15. The molecule has 0 radical (unpaired) electrons. The van der Waals surface area contributed by atoms with E-state index in [2.05, 4.69) is 22.2 Å². The molecule has 2 heterocycles. The monoisotopic (exact) mass is 321 g/mol. The lowest BCUT2D eigenvalue weighted by atomic mass is 10.3. The Balaban J connectivity index is 1.62. The lowest BCUT2D eigenvalue weighted by Crippen LogP contribution is -2.38. The molecule has 1 atom stereocenters. The molecule has 1 aliphatic heterocycles. The van der Waals surface area contributed by atoms with Crippen LogP contribution in [0.25, 0.3) is 0 Å². The molecule has 1 saturated heterocycles. The Morgan fingerprint density at radius 1 is 1.48 bits per heavy atom. The van der Waals surface area contributed by atoms with Crippen LogP contribution in [-0.4, -0.2) is 51.5 Å². The summed E-state index contributed by atoms with van der Waals surface area (Å²) in [6, 6.07) is 3.87. The molecular weight excluding hydrogens is 294 g/mol. The fraction of sp³-hybridized carbons (Fsp3) is 0.588. The van der Waals surface area contributed by atoms with Gasteiger partial charge in [-0.1, -0.05) is 6.08 Å². The Morgan fingerprint density at radius 3 is 3.17 bits per heavy atom. The molecule has 0 aromatic carbocycles. The molecule has 6 nitrogen and oxygen atoms in total. The van der Waals surface area contributed by atoms with Crippen molar-refractivity contribution in [2.45, 2.75) is 25.4 Å². The maximum atomic E-state index is 5.73. The normalized spacial score (nSPS) is 18.1. The van der Waals surface area contributed by atoms with Gasteiger partial charge in [-0.3, -0.25) is 4.99 Å². The SMILES string of the molecule is C=CCNC(=NCCCOC1CCOC1)NCCc1ccco1. The second kappa shape index (κ2) is 10.9. The summed E-state index contributed by atoms with van der Waals surface area (Å²) in [5.74, 6) is 1.76. The van der Waals surface area contributed by atoms with Crippen molar-refractivity contribution >= 4 is 5.96 Å². The van der Waals surface area contributed by atoms with Crippen molar-refractivity contribution in [3.8, 4) is 0 Å². The standard InChI is InChI=1S/C17H27N3O3/c1-2-8-18-17(20-10-6-15-5-3-11-22-15)19-9-4-12-23-16-7-13-21-14-16/h2-3,5,11,16H,1,4,6-10,12-14H2,(H2,18,19,20). The van der Waals surface area contributed by atoms with Gasteiger partial charge in [0.05, 0.1) is 19.0 Å². The minimum atomic E-state index is 0.267. The predicted molar refractivity (Wildman–Crippen MR) is 90.7 cm³/mol. The number of aliphatic imine (C=N–C) groups is 1. The molecule has 1 aliphatic rings. The molecule has 23 heavy (non-hydrogen) atoms. The van der Waals surface area contributed by atoms with Gasteiger partial charge in [0, 0.05) is 39.3 Å². The Hall–Kier alpha value is -1.79. The molecule has 1 aromatic heterocycles. The van der Waals surface area contributed by atoms with Crippen molar-refractivity contribution in [1.82, 2.24) is 10.6 Å². The summed E-state index contributed by atoms with van der Waals surface area (Å²) in [6.07, 6.45) is 6.50. The zero-order chi connectivity index (χ0) is 16.2. The van der Waals surface area contributed by atoms with Crippen molar-refractivity contribution in [2.24, 2.45) is 4.99 Å². The van der Waals surface area contributed by atoms with Crippen LogP contribution in [0.2, 0.25) is 0 Å². The van der Waals surface area contributed by atoms with E-state index in [4.69, 9.17) is 13.9 Å². The van der Waals surface area contributed by atoms with Gasteiger partial charge in [0.25, 0.3) is 0 Å². The van der Waals surface area contributed by atoms with Crippen LogP contribution in [0.3, 0.4) is 0 Å². The number of hydrogen-bond donors (Lipinski definition) is 2. The lowest BCUT2D eigenvalue weighted by Gasteiger charge is -2.11. The maximum absolute atomic E-state index is 5.73. The number of guanidine groups is 1. The summed E-state index contributed by atoms with van der Waals surface area (Å²) in [7, 11) is 0. The van der Waals surface area contributed by atoms with Crippen molar-refractivity contribution in [1.29, 1.82) is 0 Å². The van der Waals surface area contributed by atoms with Crippen LogP contribution < -0.4 is 10.6 Å². The number of nitrogens with zero attached hydrogens (tertiary/aromatic N) is 1. The van der Waals surface area contributed by atoms with Gasteiger partial charge in [0.15, 0.2) is 5.96 Å². The minimum absolute atomic E-state index is 0.267. The number of furan rings is 1. The average molecular weight is 321 g/mol. The molecule has 1 fully saturated rings. The van der Waals surface area contributed by atoms with Crippen LogP contribution in [0.4, 0.5) is 0 Å². The third-order valence-corrected chi connectivity index (χ3v) is 3.47. The first-order valence-electron chi connectivity index (χ1n) is 8.23. The molecule has 0 saturated carbocycles. The molecule has 0 aliphatic carbocycles. The van der Waals surface area contributed by atoms with Crippen LogP contribution in [0.15, 0.2) is 40.5 Å². The van der Waals surface area contributed by atoms with Crippen molar-refractivity contribution in [2.75, 3.05) is 39.5 Å². The summed E-state index contributed by atoms with van der Waals surface area (Å²) in [5.41, 5.74) is 0. The zero-order valence-corrected chi connectivity index (χ0v) is 13.6. The fourth-order valence-electron chi connectivity index (χ4n) is 2.25. The lowest BCUT2D eigenvalue weighted by molar-refractivity contribution is 0.0424. The van der Waals surface area contributed by atoms with Crippen LogP contribution in [0.5, 0.6) is 0 Å². The van der Waals surface area contributed by atoms with Gasteiger partial charge < -0.3 is 24.5 Å². The van der Waals surface area contributed by atoms with Crippen LogP contribution in [-0.2, 0) is 15.9 Å². The van der Waals surface area contributed by atoms with Gasteiger partial charge in [-0.15, -0.1) is 6.58 Å². The first-order chi connectivity index (χ1) is 11.4. The molecule has 128 valence electrons. The van der Waals surface area contributed by atoms with Crippen molar-refractivity contribution < 1.29 is 13.9 Å². The molecule has 1 unspecified atom stereocenters. The van der Waals surface area contributed by atoms with Gasteiger partial charge >= 0.3 is 0 Å². The second-order valence-electron chi connectivity index (χ2n) is 5.37. The number of nitrogens with one attached hydrogen (secondary N) is 2. The average Bonchev–Trinajstić information content (AvgIpc) is 3.25. The van der Waals surface area contributed by atoms with Gasteiger partial charge in [0.1, 0.15) is 5.76 Å². The zero-order valence-electron chi connectivity index (χ0n) is 13.6. The summed E-state index contributed by atoms with van der Waals surface area (Å²) in [5, 5.41) is 6.51. The van der Waals surface area contributed by atoms with Crippen molar-refractivity contribution in [3.63, 3.8) is 0 Å². The van der Waals surface area contributed by atoms with E-state index in [1.54, 1.807) is 6.26 Å². The number of rotatable bonds is 10. The Labute approximate surface area is 137 Å². The van der Waals surface area contributed by atoms with Crippen LogP contribution in [0.1, 0.15) is 18.6 Å². The maximum Gasteiger partial charge on any atom is 0.191 e. The van der Waals surface area contributed by atoms with Crippen LogP contribution in [0, 0.1) is 0 Å². The molecule has 0 amide bonds. The molecular formula is C17H27N3O3. The smallest absolute Gasteiger partial charge is 0.191 e. The predicted octanol–water partition coefficient (Wildman–Crippen LogP) is 1.74. The number of ether oxygens (including phenoxy) is 2. The van der Waals surface area contributed by atoms with E-state index >= 15 is 0 Å². The first-order valence-corrected chi connectivity index (χ1v) is 8.23. The van der Waals surface area contributed by atoms with E-state index in [9.17, 15) is 0 Å². The quantitative estimate of drug-likeness (QED) is 0.297. The summed E-state index contributed by atoms with van der Waals surface area (Å²) in [4.78, 5) is 4.55. The summed E-state index contributed by atoms with van der Waals surface area (Å²) >= 11 is 0. The van der Waals surface area contributed by atoms with E-state index in [0.717, 1.165) is 63.9 Å². The highest BCUT2D eigenvalue weighted by molar-refractivity contribution is 5.79. The fourth-order valence-corrected chi connectivity index (χ4v) is 2.25. The summed E-state index contributed by atoms with van der Waals surface area (Å²) in [6.45, 7) is 8.16. The van der Waals surface area contributed by atoms with E-state index in [0.29, 0.717) is 6.54 Å². The largest absolute Gasteiger partial charge is 0.469 e. The van der Waals surface area contributed by atoms with Gasteiger partial charge in [-0.25, -0.2) is 0 Å². The highest BCUT2D eigenvalue weighted by Crippen LogP contribution is 2.08. The molecule has 0 spiro atoms. The van der Waals surface area contributed by atoms with E-state index in [1.165, 1.54) is 0 Å². The van der Waals surface area contributed by atoms with Gasteiger partial charge in [0.2, 0.25) is 0 Å². The Kier molecular flexibility index (Phi) is 8.29. The van der Waals surface area contributed by atoms with Gasteiger partial charge in [-0.2, -0.15) is 0 Å².